The number of rotatable bonds is 8. The van der Waals surface area contributed by atoms with Gasteiger partial charge in [0, 0.05) is 41.3 Å². The second-order valence-electron chi connectivity index (χ2n) is 8.54. The molecule has 37 heavy (non-hydrogen) atoms. The fourth-order valence-corrected chi connectivity index (χ4v) is 4.22. The van der Waals surface area contributed by atoms with Gasteiger partial charge in [-0.1, -0.05) is 0 Å². The van der Waals surface area contributed by atoms with E-state index >= 15 is 0 Å². The Kier molecular flexibility index (Phi) is 6.55. The van der Waals surface area contributed by atoms with Crippen molar-refractivity contribution in [1.29, 1.82) is 0 Å². The molecule has 2 aromatic heterocycles. The maximum absolute atomic E-state index is 13.0. The van der Waals surface area contributed by atoms with Crippen LogP contribution in [0.1, 0.15) is 21.7 Å². The Hall–Kier alpha value is -4.72. The fraction of sp³-hybridized carbons (Fsp3) is 0.172. The van der Waals surface area contributed by atoms with Crippen LogP contribution in [0, 0.1) is 6.92 Å². The number of aromatic amines is 1. The minimum absolute atomic E-state index is 0.103. The number of fused-ring (bicyclic) bond motifs is 2. The topological polar surface area (TPSA) is 103 Å². The second-order valence-corrected chi connectivity index (χ2v) is 8.54. The normalized spacial score (nSPS) is 11.0. The largest absolute Gasteiger partial charge is 0.497 e. The number of benzene rings is 3. The maximum atomic E-state index is 13.0. The van der Waals surface area contributed by atoms with Gasteiger partial charge in [0.1, 0.15) is 28.6 Å². The van der Waals surface area contributed by atoms with Crippen LogP contribution < -0.4 is 25.0 Å². The predicted octanol–water partition coefficient (Wildman–Crippen LogP) is 5.36. The molecular formula is C29H26N2O6. The van der Waals surface area contributed by atoms with Gasteiger partial charge in [-0.15, -0.1) is 0 Å². The molecule has 0 atom stereocenters. The Bertz CT molecular complexity index is 1650. The first-order chi connectivity index (χ1) is 18.0. The lowest BCUT2D eigenvalue weighted by Gasteiger charge is -2.10. The van der Waals surface area contributed by atoms with Crippen molar-refractivity contribution in [2.45, 2.75) is 13.3 Å². The van der Waals surface area contributed by atoms with Gasteiger partial charge in [0.2, 0.25) is 11.2 Å². The number of hydrogen-bond donors (Lipinski definition) is 2. The quantitative estimate of drug-likeness (QED) is 0.298. The first kappa shape index (κ1) is 24.0. The van der Waals surface area contributed by atoms with Crippen LogP contribution in [-0.2, 0) is 6.42 Å². The van der Waals surface area contributed by atoms with Crippen molar-refractivity contribution < 1.29 is 23.4 Å². The number of carbonyl (C=O) groups excluding carboxylic acids is 1. The van der Waals surface area contributed by atoms with E-state index in [0.29, 0.717) is 46.8 Å². The first-order valence-corrected chi connectivity index (χ1v) is 11.8. The number of H-pyrrole nitrogens is 1. The lowest BCUT2D eigenvalue weighted by atomic mass is 10.1. The second kappa shape index (κ2) is 10.1. The Morgan fingerprint density at radius 3 is 2.32 bits per heavy atom. The zero-order valence-corrected chi connectivity index (χ0v) is 20.7. The lowest BCUT2D eigenvalue weighted by molar-refractivity contribution is 0.0954. The van der Waals surface area contributed by atoms with E-state index in [1.807, 2.05) is 24.4 Å². The van der Waals surface area contributed by atoms with Gasteiger partial charge in [0.05, 0.1) is 19.6 Å². The Labute approximate surface area is 212 Å². The van der Waals surface area contributed by atoms with Crippen molar-refractivity contribution in [1.82, 2.24) is 10.3 Å². The zero-order valence-electron chi connectivity index (χ0n) is 20.7. The summed E-state index contributed by atoms with van der Waals surface area (Å²) in [6.07, 6.45) is 2.63. The Morgan fingerprint density at radius 2 is 1.59 bits per heavy atom. The molecule has 1 amide bonds. The van der Waals surface area contributed by atoms with Gasteiger partial charge in [0.15, 0.2) is 0 Å². The molecule has 0 saturated carbocycles. The van der Waals surface area contributed by atoms with Crippen LogP contribution in [-0.4, -0.2) is 31.7 Å². The molecule has 8 heteroatoms. The van der Waals surface area contributed by atoms with Gasteiger partial charge in [-0.3, -0.25) is 9.59 Å². The van der Waals surface area contributed by atoms with E-state index < -0.39 is 0 Å². The summed E-state index contributed by atoms with van der Waals surface area (Å²) in [7, 11) is 3.19. The molecule has 0 unspecified atom stereocenters. The van der Waals surface area contributed by atoms with Crippen LogP contribution in [0.2, 0.25) is 0 Å². The highest BCUT2D eigenvalue weighted by atomic mass is 16.5. The monoisotopic (exact) mass is 498 g/mol. The van der Waals surface area contributed by atoms with Crippen LogP contribution in [0.4, 0.5) is 0 Å². The van der Waals surface area contributed by atoms with Crippen molar-refractivity contribution in [3.63, 3.8) is 0 Å². The summed E-state index contributed by atoms with van der Waals surface area (Å²) in [6.45, 7) is 2.15. The molecule has 2 N–H and O–H groups in total. The minimum Gasteiger partial charge on any atom is -0.497 e. The standard InChI is InChI=1S/C29H26N2O6/c1-17-28(27(32)24-11-9-22(35-3)15-26(24)36-17)37-20-6-4-18(5-7-20)29(33)30-13-12-19-16-31-25-14-21(34-2)8-10-23(19)25/h4-11,14-16,31H,12-13H2,1-3H3,(H,30,33). The third-order valence-electron chi connectivity index (χ3n) is 6.21. The molecule has 0 aliphatic heterocycles. The third-order valence-corrected chi connectivity index (χ3v) is 6.21. The van der Waals surface area contributed by atoms with E-state index in [1.165, 1.54) is 0 Å². The summed E-state index contributed by atoms with van der Waals surface area (Å²) in [5, 5.41) is 4.44. The van der Waals surface area contributed by atoms with Crippen LogP contribution in [0.25, 0.3) is 21.9 Å². The SMILES string of the molecule is COc1ccc2c(CCNC(=O)c3ccc(Oc4c(C)oc5cc(OC)ccc5c4=O)cc3)c[nH]c2c1. The van der Waals surface area contributed by atoms with E-state index in [9.17, 15) is 9.59 Å². The molecule has 5 rings (SSSR count). The van der Waals surface area contributed by atoms with E-state index in [2.05, 4.69) is 10.3 Å². The number of nitrogens with one attached hydrogen (secondary N) is 2. The van der Waals surface area contributed by atoms with E-state index in [-0.39, 0.29) is 17.1 Å². The molecule has 2 heterocycles. The van der Waals surface area contributed by atoms with Gasteiger partial charge in [-0.2, -0.15) is 0 Å². The van der Waals surface area contributed by atoms with Crippen LogP contribution in [0.15, 0.2) is 76.1 Å². The molecule has 8 nitrogen and oxygen atoms in total. The summed E-state index contributed by atoms with van der Waals surface area (Å²) < 4.78 is 22.1. The van der Waals surface area contributed by atoms with Crippen molar-refractivity contribution in [2.75, 3.05) is 20.8 Å². The molecular weight excluding hydrogens is 472 g/mol. The average Bonchev–Trinajstić information content (AvgIpc) is 3.33. The smallest absolute Gasteiger partial charge is 0.251 e. The zero-order chi connectivity index (χ0) is 25.9. The van der Waals surface area contributed by atoms with Crippen LogP contribution in [0.3, 0.4) is 0 Å². The van der Waals surface area contributed by atoms with Crippen molar-refractivity contribution >= 4 is 27.8 Å². The summed E-state index contributed by atoms with van der Waals surface area (Å²) in [5.74, 6) is 2.07. The highest BCUT2D eigenvalue weighted by Gasteiger charge is 2.15. The first-order valence-electron chi connectivity index (χ1n) is 11.8. The van der Waals surface area contributed by atoms with Crippen LogP contribution in [0.5, 0.6) is 23.0 Å². The Balaban J connectivity index is 1.23. The van der Waals surface area contributed by atoms with Gasteiger partial charge in [-0.25, -0.2) is 0 Å². The molecule has 3 aromatic carbocycles. The minimum atomic E-state index is -0.279. The predicted molar refractivity (Wildman–Crippen MR) is 141 cm³/mol. The van der Waals surface area contributed by atoms with E-state index in [4.69, 9.17) is 18.6 Å². The van der Waals surface area contributed by atoms with Crippen molar-refractivity contribution in [2.24, 2.45) is 0 Å². The molecule has 0 bridgehead atoms. The molecule has 0 fully saturated rings. The van der Waals surface area contributed by atoms with Gasteiger partial charge >= 0.3 is 0 Å². The highest BCUT2D eigenvalue weighted by Crippen LogP contribution is 2.27. The highest BCUT2D eigenvalue weighted by molar-refractivity contribution is 5.94. The maximum Gasteiger partial charge on any atom is 0.251 e. The van der Waals surface area contributed by atoms with E-state index in [0.717, 1.165) is 22.2 Å². The summed E-state index contributed by atoms with van der Waals surface area (Å²) in [6, 6.07) is 17.5. The van der Waals surface area contributed by atoms with E-state index in [1.54, 1.807) is 63.6 Å². The number of methoxy groups -OCH3 is 2. The molecule has 0 saturated heterocycles. The number of aromatic nitrogens is 1. The molecule has 0 aliphatic carbocycles. The van der Waals surface area contributed by atoms with Crippen LogP contribution >= 0.6 is 0 Å². The summed E-state index contributed by atoms with van der Waals surface area (Å²) in [4.78, 5) is 28.8. The summed E-state index contributed by atoms with van der Waals surface area (Å²) in [5.41, 5.74) is 2.74. The Morgan fingerprint density at radius 1 is 0.919 bits per heavy atom. The number of hydrogen-bond acceptors (Lipinski definition) is 6. The number of ether oxygens (including phenoxy) is 3. The van der Waals surface area contributed by atoms with Gasteiger partial charge < -0.3 is 28.9 Å². The van der Waals surface area contributed by atoms with Gasteiger partial charge in [0.25, 0.3) is 5.91 Å². The molecule has 0 radical (unpaired) electrons. The molecule has 0 spiro atoms. The lowest BCUT2D eigenvalue weighted by Crippen LogP contribution is -2.25. The number of amides is 1. The van der Waals surface area contributed by atoms with Crippen molar-refractivity contribution in [3.8, 4) is 23.0 Å². The van der Waals surface area contributed by atoms with Crippen molar-refractivity contribution in [3.05, 3.63) is 94.0 Å². The molecule has 188 valence electrons. The average molecular weight is 499 g/mol. The fourth-order valence-electron chi connectivity index (χ4n) is 4.22. The number of aryl methyl sites for hydroxylation is 1. The van der Waals surface area contributed by atoms with Gasteiger partial charge in [-0.05, 0) is 67.4 Å². The summed E-state index contributed by atoms with van der Waals surface area (Å²) >= 11 is 0. The molecule has 0 aliphatic rings. The molecule has 5 aromatic rings. The third kappa shape index (κ3) is 4.86. The number of carbonyl (C=O) groups is 1.